The van der Waals surface area contributed by atoms with Gasteiger partial charge in [-0.2, -0.15) is 0 Å². The highest BCUT2D eigenvalue weighted by Gasteiger charge is 2.10. The van der Waals surface area contributed by atoms with Gasteiger partial charge in [-0.1, -0.05) is 0 Å². The van der Waals surface area contributed by atoms with Gasteiger partial charge in [0.1, 0.15) is 0 Å². The smallest absolute Gasteiger partial charge is 0.313 e. The number of hydrogen-bond acceptors (Lipinski definition) is 4. The lowest BCUT2D eigenvalue weighted by Gasteiger charge is -1.94. The van der Waals surface area contributed by atoms with Gasteiger partial charge < -0.3 is 4.98 Å². The minimum Gasteiger partial charge on any atom is -0.313 e. The van der Waals surface area contributed by atoms with E-state index in [1.165, 1.54) is 6.20 Å². The average Bonchev–Trinajstić information content (AvgIpc) is 2.80. The van der Waals surface area contributed by atoms with Crippen LogP contribution in [0.3, 0.4) is 0 Å². The number of aromatic nitrogens is 2. The maximum atomic E-state index is 11.6. The molecule has 3 heterocycles. The lowest BCUT2D eigenvalue weighted by Crippen LogP contribution is -2.22. The van der Waals surface area contributed by atoms with Crippen molar-refractivity contribution in [2.24, 2.45) is 0 Å². The van der Waals surface area contributed by atoms with Crippen molar-refractivity contribution in [2.75, 3.05) is 0 Å². The van der Waals surface area contributed by atoms with E-state index in [9.17, 15) is 9.59 Å². The summed E-state index contributed by atoms with van der Waals surface area (Å²) < 4.78 is 2.24. The zero-order chi connectivity index (χ0) is 11.1. The van der Waals surface area contributed by atoms with E-state index < -0.39 is 5.69 Å². The summed E-state index contributed by atoms with van der Waals surface area (Å²) in [6, 6.07) is 2.02. The van der Waals surface area contributed by atoms with Gasteiger partial charge in [-0.25, -0.2) is 4.79 Å². The van der Waals surface area contributed by atoms with E-state index in [0.717, 1.165) is 15.0 Å². The first-order valence-corrected chi connectivity index (χ1v) is 6.29. The zero-order valence-electron chi connectivity index (χ0n) is 7.94. The van der Waals surface area contributed by atoms with Crippen LogP contribution in [0.1, 0.15) is 0 Å². The average molecular weight is 250 g/mol. The van der Waals surface area contributed by atoms with Crippen LogP contribution in [-0.2, 0) is 0 Å². The molecule has 6 heteroatoms. The Bertz CT molecular complexity index is 763. The van der Waals surface area contributed by atoms with Crippen LogP contribution in [0.2, 0.25) is 0 Å². The van der Waals surface area contributed by atoms with Crippen molar-refractivity contribution in [1.29, 1.82) is 0 Å². The summed E-state index contributed by atoms with van der Waals surface area (Å²) in [5.41, 5.74) is 0.559. The molecule has 0 radical (unpaired) electrons. The summed E-state index contributed by atoms with van der Waals surface area (Å²) in [6.07, 6.45) is 1.46. The standard InChI is InChI=1S/C10H6N2O2S2/c13-9-5(3-11-10(14)12-9)6-4-16-7-1-2-15-8(6)7/h1-4H,(H2,11,12,13,14). The Labute approximate surface area is 97.2 Å². The molecule has 0 saturated carbocycles. The van der Waals surface area contributed by atoms with Gasteiger partial charge in [-0.05, 0) is 11.4 Å². The van der Waals surface area contributed by atoms with E-state index in [1.54, 1.807) is 22.7 Å². The molecule has 0 aliphatic carbocycles. The summed E-state index contributed by atoms with van der Waals surface area (Å²) >= 11 is 3.19. The SMILES string of the molecule is O=c1[nH]cc(-c2csc3ccsc23)c(=O)[nH]1. The summed E-state index contributed by atoms with van der Waals surface area (Å²) in [7, 11) is 0. The van der Waals surface area contributed by atoms with Crippen LogP contribution in [0.4, 0.5) is 0 Å². The molecule has 16 heavy (non-hydrogen) atoms. The van der Waals surface area contributed by atoms with E-state index in [-0.39, 0.29) is 5.56 Å². The fourth-order valence-corrected chi connectivity index (χ4v) is 3.68. The molecule has 0 aliphatic rings. The summed E-state index contributed by atoms with van der Waals surface area (Å²) in [6.45, 7) is 0. The molecule has 80 valence electrons. The second-order valence-electron chi connectivity index (χ2n) is 3.25. The van der Waals surface area contributed by atoms with Crippen molar-refractivity contribution in [3.8, 4) is 11.1 Å². The highest BCUT2D eigenvalue weighted by Crippen LogP contribution is 2.35. The molecule has 0 aromatic carbocycles. The normalized spacial score (nSPS) is 11.0. The Morgan fingerprint density at radius 2 is 2.00 bits per heavy atom. The highest BCUT2D eigenvalue weighted by atomic mass is 32.1. The van der Waals surface area contributed by atoms with Gasteiger partial charge in [0.15, 0.2) is 0 Å². The second kappa shape index (κ2) is 3.43. The van der Waals surface area contributed by atoms with Crippen LogP contribution in [0.5, 0.6) is 0 Å². The Kier molecular flexibility index (Phi) is 2.05. The van der Waals surface area contributed by atoms with Crippen LogP contribution in [-0.4, -0.2) is 9.97 Å². The fourth-order valence-electron chi connectivity index (χ4n) is 1.56. The number of aromatic amines is 2. The molecule has 0 saturated heterocycles. The molecule has 0 aliphatic heterocycles. The van der Waals surface area contributed by atoms with E-state index in [4.69, 9.17) is 0 Å². The van der Waals surface area contributed by atoms with Crippen molar-refractivity contribution in [2.45, 2.75) is 0 Å². The maximum Gasteiger partial charge on any atom is 0.325 e. The van der Waals surface area contributed by atoms with Gasteiger partial charge in [0.2, 0.25) is 0 Å². The molecule has 0 unspecified atom stereocenters. The van der Waals surface area contributed by atoms with Crippen LogP contribution in [0.25, 0.3) is 20.5 Å². The molecule has 2 N–H and O–H groups in total. The third-order valence-electron chi connectivity index (χ3n) is 2.29. The van der Waals surface area contributed by atoms with Crippen LogP contribution >= 0.6 is 22.7 Å². The Morgan fingerprint density at radius 1 is 1.12 bits per heavy atom. The Balaban J connectivity index is 2.35. The Morgan fingerprint density at radius 3 is 2.81 bits per heavy atom. The number of hydrogen-bond donors (Lipinski definition) is 2. The molecule has 0 fully saturated rings. The number of fused-ring (bicyclic) bond motifs is 1. The van der Waals surface area contributed by atoms with E-state index in [2.05, 4.69) is 9.97 Å². The molecule has 4 nitrogen and oxygen atoms in total. The summed E-state index contributed by atoms with van der Waals surface area (Å²) in [5.74, 6) is 0. The fraction of sp³-hybridized carbons (Fsp3) is 0. The largest absolute Gasteiger partial charge is 0.325 e. The summed E-state index contributed by atoms with van der Waals surface area (Å²) in [5, 5.41) is 3.93. The van der Waals surface area contributed by atoms with Gasteiger partial charge in [0, 0.05) is 21.8 Å². The first-order valence-electron chi connectivity index (χ1n) is 4.53. The lowest BCUT2D eigenvalue weighted by molar-refractivity contribution is 1.04. The number of rotatable bonds is 1. The molecule has 3 rings (SSSR count). The van der Waals surface area contributed by atoms with Crippen LogP contribution in [0, 0.1) is 0 Å². The lowest BCUT2D eigenvalue weighted by atomic mass is 10.2. The minimum absolute atomic E-state index is 0.350. The molecule has 0 spiro atoms. The third-order valence-corrected chi connectivity index (χ3v) is 4.31. The predicted molar refractivity (Wildman–Crippen MR) is 66.4 cm³/mol. The first kappa shape index (κ1) is 9.56. The van der Waals surface area contributed by atoms with E-state index in [1.807, 2.05) is 16.8 Å². The molecule has 3 aromatic rings. The molecule has 0 bridgehead atoms. The van der Waals surface area contributed by atoms with Crippen molar-refractivity contribution >= 4 is 32.1 Å². The van der Waals surface area contributed by atoms with Crippen molar-refractivity contribution in [3.05, 3.63) is 43.9 Å². The Hall–Kier alpha value is -1.66. The van der Waals surface area contributed by atoms with Crippen LogP contribution in [0.15, 0.2) is 32.6 Å². The van der Waals surface area contributed by atoms with E-state index >= 15 is 0 Å². The van der Waals surface area contributed by atoms with E-state index in [0.29, 0.717) is 5.56 Å². The molecule has 3 aromatic heterocycles. The quantitative estimate of drug-likeness (QED) is 0.693. The van der Waals surface area contributed by atoms with Crippen molar-refractivity contribution in [1.82, 2.24) is 9.97 Å². The van der Waals surface area contributed by atoms with Crippen LogP contribution < -0.4 is 11.2 Å². The number of nitrogens with one attached hydrogen (secondary N) is 2. The molecule has 0 atom stereocenters. The van der Waals surface area contributed by atoms with Crippen molar-refractivity contribution < 1.29 is 0 Å². The third kappa shape index (κ3) is 1.35. The van der Waals surface area contributed by atoms with Gasteiger partial charge in [-0.15, -0.1) is 22.7 Å². The number of H-pyrrole nitrogens is 2. The predicted octanol–water partition coefficient (Wildman–Crippen LogP) is 2.01. The zero-order valence-corrected chi connectivity index (χ0v) is 9.58. The minimum atomic E-state index is -0.480. The highest BCUT2D eigenvalue weighted by molar-refractivity contribution is 7.26. The first-order chi connectivity index (χ1) is 7.75. The molecular formula is C10H6N2O2S2. The second-order valence-corrected chi connectivity index (χ2v) is 5.08. The van der Waals surface area contributed by atoms with Gasteiger partial charge in [0.05, 0.1) is 10.3 Å². The van der Waals surface area contributed by atoms with Gasteiger partial charge in [0.25, 0.3) is 5.56 Å². The van der Waals surface area contributed by atoms with Gasteiger partial charge >= 0.3 is 5.69 Å². The monoisotopic (exact) mass is 250 g/mol. The summed E-state index contributed by atoms with van der Waals surface area (Å²) in [4.78, 5) is 27.3. The molecular weight excluding hydrogens is 244 g/mol. The molecule has 0 amide bonds. The van der Waals surface area contributed by atoms with Gasteiger partial charge in [-0.3, -0.25) is 9.78 Å². The topological polar surface area (TPSA) is 65.7 Å². The van der Waals surface area contributed by atoms with Crippen molar-refractivity contribution in [3.63, 3.8) is 0 Å². The maximum absolute atomic E-state index is 11.6. The number of thiophene rings is 2.